The van der Waals surface area contributed by atoms with E-state index in [1.165, 1.54) is 42.5 Å². The van der Waals surface area contributed by atoms with Gasteiger partial charge >= 0.3 is 6.03 Å². The largest absolute Gasteiger partial charge is 0.494 e. The lowest BCUT2D eigenvalue weighted by Crippen LogP contribution is -2.33. The number of hydrogen-bond donors (Lipinski definition) is 4. The van der Waals surface area contributed by atoms with Crippen LogP contribution in [0.5, 0.6) is 5.88 Å². The minimum absolute atomic E-state index is 0.0917. The second-order valence-corrected chi connectivity index (χ2v) is 10.5. The van der Waals surface area contributed by atoms with Crippen molar-refractivity contribution in [1.82, 2.24) is 9.29 Å². The molecule has 0 aliphatic carbocycles. The van der Waals surface area contributed by atoms with Crippen LogP contribution in [0, 0.1) is 0 Å². The van der Waals surface area contributed by atoms with Gasteiger partial charge in [-0.05, 0) is 60.0 Å². The summed E-state index contributed by atoms with van der Waals surface area (Å²) in [7, 11) is -2.30. The molecular formula is C21H17ClN4O5S2. The molecule has 4 aromatic rings. The zero-order valence-electron chi connectivity index (χ0n) is 17.0. The molecule has 0 atom stereocenters. The molecule has 170 valence electrons. The monoisotopic (exact) mass is 504 g/mol. The van der Waals surface area contributed by atoms with Crippen LogP contribution in [0.4, 0.5) is 16.2 Å². The van der Waals surface area contributed by atoms with E-state index in [0.29, 0.717) is 16.5 Å². The van der Waals surface area contributed by atoms with Crippen molar-refractivity contribution in [3.05, 3.63) is 75.4 Å². The molecule has 0 aliphatic heterocycles. The van der Waals surface area contributed by atoms with Gasteiger partial charge in [-0.3, -0.25) is 4.79 Å². The summed E-state index contributed by atoms with van der Waals surface area (Å²) in [5, 5.41) is 17.2. The third-order valence-corrected chi connectivity index (χ3v) is 7.77. The number of urea groups is 1. The maximum Gasteiger partial charge on any atom is 0.333 e. The minimum atomic E-state index is -4.06. The van der Waals surface area contributed by atoms with Crippen molar-refractivity contribution in [2.24, 2.45) is 0 Å². The molecule has 0 fully saturated rings. The number of pyridine rings is 1. The van der Waals surface area contributed by atoms with E-state index in [4.69, 9.17) is 11.6 Å². The van der Waals surface area contributed by atoms with E-state index >= 15 is 0 Å². The number of benzene rings is 2. The fourth-order valence-electron chi connectivity index (χ4n) is 3.18. The highest BCUT2D eigenvalue weighted by Crippen LogP contribution is 2.28. The summed E-state index contributed by atoms with van der Waals surface area (Å²) in [5.41, 5.74) is 1.01. The molecule has 4 rings (SSSR count). The van der Waals surface area contributed by atoms with Crippen molar-refractivity contribution in [3.63, 3.8) is 0 Å². The molecule has 0 spiro atoms. The normalized spacial score (nSPS) is 11.3. The molecule has 2 heterocycles. The molecule has 0 bridgehead atoms. The number of amides is 2. The van der Waals surface area contributed by atoms with Gasteiger partial charge in [0, 0.05) is 29.9 Å². The molecule has 33 heavy (non-hydrogen) atoms. The maximum atomic E-state index is 12.6. The summed E-state index contributed by atoms with van der Waals surface area (Å²) in [4.78, 5) is 24.8. The molecule has 0 saturated heterocycles. The topological polar surface area (TPSA) is 130 Å². The summed E-state index contributed by atoms with van der Waals surface area (Å²) in [6.07, 6.45) is 0. The standard InChI is InChI=1S/C21H17ClN4O5S2/c1-23-14-4-7-16-12(10-14)11-18(27)26(20(16)28)15-5-2-13(3-6-15)24-21(29)25-33(30,31)19-9-8-17(22)32-19/h2-11,23,28H,1H3,(H2,24,25,29). The fraction of sp³-hybridized carbons (Fsp3) is 0.0476. The number of hydrogen-bond acceptors (Lipinski definition) is 7. The zero-order valence-corrected chi connectivity index (χ0v) is 19.4. The van der Waals surface area contributed by atoms with Crippen LogP contribution in [0.2, 0.25) is 4.34 Å². The molecule has 0 aliphatic rings. The highest BCUT2D eigenvalue weighted by atomic mass is 35.5. The van der Waals surface area contributed by atoms with Crippen molar-refractivity contribution >= 4 is 61.1 Å². The predicted octanol–water partition coefficient (Wildman–Crippen LogP) is 3.96. The summed E-state index contributed by atoms with van der Waals surface area (Å²) in [6, 6.07) is 14.4. The number of rotatable bonds is 5. The van der Waals surface area contributed by atoms with Crippen LogP contribution in [0.25, 0.3) is 16.5 Å². The van der Waals surface area contributed by atoms with Crippen LogP contribution in [0.1, 0.15) is 0 Å². The molecule has 0 radical (unpaired) electrons. The Kier molecular flexibility index (Phi) is 6.02. The number of carbonyl (C=O) groups excluding carboxylic acids is 1. The smallest absolute Gasteiger partial charge is 0.333 e. The van der Waals surface area contributed by atoms with Crippen LogP contribution in [0.15, 0.2) is 69.7 Å². The highest BCUT2D eigenvalue weighted by Gasteiger charge is 2.20. The molecule has 4 N–H and O–H groups in total. The molecule has 2 aromatic heterocycles. The first-order chi connectivity index (χ1) is 15.7. The second kappa shape index (κ2) is 8.77. The van der Waals surface area contributed by atoms with Crippen molar-refractivity contribution in [1.29, 1.82) is 0 Å². The number of aromatic nitrogens is 1. The van der Waals surface area contributed by atoms with Crippen LogP contribution in [-0.2, 0) is 10.0 Å². The Hall–Kier alpha value is -3.54. The molecule has 2 amide bonds. The van der Waals surface area contributed by atoms with Crippen LogP contribution in [0.3, 0.4) is 0 Å². The molecule has 12 heteroatoms. The van der Waals surface area contributed by atoms with Gasteiger partial charge in [0.15, 0.2) is 0 Å². The average Bonchev–Trinajstić information content (AvgIpc) is 3.21. The Morgan fingerprint density at radius 1 is 1.03 bits per heavy atom. The number of fused-ring (bicyclic) bond motifs is 1. The van der Waals surface area contributed by atoms with Gasteiger partial charge < -0.3 is 15.7 Å². The average molecular weight is 505 g/mol. The maximum absolute atomic E-state index is 12.6. The van der Waals surface area contributed by atoms with Gasteiger partial charge in [0.2, 0.25) is 5.88 Å². The van der Waals surface area contributed by atoms with Gasteiger partial charge in [0.25, 0.3) is 15.6 Å². The Labute approximate surface area is 197 Å². The second-order valence-electron chi connectivity index (χ2n) is 6.86. The number of nitrogens with zero attached hydrogens (tertiary/aromatic N) is 1. The van der Waals surface area contributed by atoms with E-state index < -0.39 is 21.6 Å². The number of thiophene rings is 1. The van der Waals surface area contributed by atoms with Crippen molar-refractivity contribution in [3.8, 4) is 11.6 Å². The molecular weight excluding hydrogens is 488 g/mol. The Morgan fingerprint density at radius 2 is 1.73 bits per heavy atom. The Balaban J connectivity index is 1.55. The van der Waals surface area contributed by atoms with Gasteiger partial charge in [-0.15, -0.1) is 11.3 Å². The number of sulfonamides is 1. The lowest BCUT2D eigenvalue weighted by molar-refractivity contribution is 0.256. The van der Waals surface area contributed by atoms with Gasteiger partial charge in [0.05, 0.1) is 10.0 Å². The number of aromatic hydroxyl groups is 1. The first-order valence-corrected chi connectivity index (χ1v) is 12.1. The zero-order chi connectivity index (χ0) is 23.8. The highest BCUT2D eigenvalue weighted by molar-refractivity contribution is 7.92. The SMILES string of the molecule is CNc1ccc2c(O)n(-c3ccc(NC(=O)NS(=O)(=O)c4ccc(Cl)s4)cc3)c(=O)cc2c1. The first kappa shape index (κ1) is 22.6. The number of nitrogens with one attached hydrogen (secondary N) is 3. The molecule has 2 aromatic carbocycles. The predicted molar refractivity (Wildman–Crippen MR) is 129 cm³/mol. The number of carbonyl (C=O) groups is 1. The first-order valence-electron chi connectivity index (χ1n) is 9.44. The van der Waals surface area contributed by atoms with Gasteiger partial charge in [0.1, 0.15) is 4.21 Å². The van der Waals surface area contributed by atoms with Crippen molar-refractivity contribution < 1.29 is 18.3 Å². The van der Waals surface area contributed by atoms with E-state index in [1.807, 2.05) is 4.72 Å². The summed E-state index contributed by atoms with van der Waals surface area (Å²) in [5.74, 6) is -0.223. The summed E-state index contributed by atoms with van der Waals surface area (Å²) >= 11 is 6.57. The van der Waals surface area contributed by atoms with Crippen LogP contribution >= 0.6 is 22.9 Å². The number of halogens is 1. The third-order valence-electron chi connectivity index (χ3n) is 4.72. The van der Waals surface area contributed by atoms with Gasteiger partial charge in [-0.25, -0.2) is 22.5 Å². The van der Waals surface area contributed by atoms with E-state index in [2.05, 4.69) is 10.6 Å². The molecule has 0 unspecified atom stereocenters. The summed E-state index contributed by atoms with van der Waals surface area (Å²) < 4.78 is 27.7. The van der Waals surface area contributed by atoms with E-state index in [1.54, 1.807) is 25.2 Å². The Morgan fingerprint density at radius 3 is 2.36 bits per heavy atom. The fourth-order valence-corrected chi connectivity index (χ4v) is 5.57. The van der Waals surface area contributed by atoms with Gasteiger partial charge in [-0.1, -0.05) is 11.6 Å². The Bertz CT molecular complexity index is 1530. The minimum Gasteiger partial charge on any atom is -0.494 e. The molecule has 9 nitrogen and oxygen atoms in total. The summed E-state index contributed by atoms with van der Waals surface area (Å²) in [6.45, 7) is 0. The van der Waals surface area contributed by atoms with Crippen LogP contribution < -0.4 is 20.9 Å². The van der Waals surface area contributed by atoms with E-state index in [0.717, 1.165) is 21.6 Å². The van der Waals surface area contributed by atoms with Gasteiger partial charge in [-0.2, -0.15) is 0 Å². The van der Waals surface area contributed by atoms with E-state index in [9.17, 15) is 23.1 Å². The quantitative estimate of drug-likeness (QED) is 0.325. The number of anilines is 2. The van der Waals surface area contributed by atoms with Crippen LogP contribution in [-0.4, -0.2) is 31.2 Å². The van der Waals surface area contributed by atoms with Crippen molar-refractivity contribution in [2.75, 3.05) is 17.7 Å². The molecule has 0 saturated carbocycles. The lowest BCUT2D eigenvalue weighted by Gasteiger charge is -2.13. The lowest BCUT2D eigenvalue weighted by atomic mass is 10.1. The van der Waals surface area contributed by atoms with E-state index in [-0.39, 0.29) is 20.1 Å². The third kappa shape index (κ3) is 4.65. The van der Waals surface area contributed by atoms with Crippen molar-refractivity contribution in [2.45, 2.75) is 4.21 Å².